The number of carboxylic acid groups (broad SMARTS) is 1. The highest BCUT2D eigenvalue weighted by atomic mass is 79.9. The third-order valence-corrected chi connectivity index (χ3v) is 4.00. The van der Waals surface area contributed by atoms with Crippen LogP contribution in [0.3, 0.4) is 0 Å². The second-order valence-electron chi connectivity index (χ2n) is 4.62. The number of halogens is 2. The second-order valence-corrected chi connectivity index (χ2v) is 6.39. The molecule has 5 nitrogen and oxygen atoms in total. The van der Waals surface area contributed by atoms with Gasteiger partial charge in [-0.2, -0.15) is 0 Å². The molecule has 0 aliphatic carbocycles. The molecule has 0 amide bonds. The molecule has 2 aromatic rings. The third kappa shape index (κ3) is 4.80. The van der Waals surface area contributed by atoms with E-state index in [1.54, 1.807) is 6.07 Å². The molecule has 0 saturated heterocycles. The zero-order chi connectivity index (χ0) is 17.0. The van der Waals surface area contributed by atoms with Crippen molar-refractivity contribution in [1.29, 1.82) is 0 Å². The maximum absolute atomic E-state index is 11.8. The highest BCUT2D eigenvalue weighted by Crippen LogP contribution is 2.26. The van der Waals surface area contributed by atoms with E-state index < -0.39 is 11.9 Å². The summed E-state index contributed by atoms with van der Waals surface area (Å²) in [5.41, 5.74) is 0.984. The molecule has 0 bridgehead atoms. The Morgan fingerprint density at radius 1 is 1.09 bits per heavy atom. The molecule has 0 aromatic heterocycles. The lowest BCUT2D eigenvalue weighted by atomic mass is 10.2. The van der Waals surface area contributed by atoms with Crippen LogP contribution in [0.1, 0.15) is 15.9 Å². The summed E-state index contributed by atoms with van der Waals surface area (Å²) in [6, 6.07) is 9.58. The predicted molar refractivity (Wildman–Crippen MR) is 91.1 cm³/mol. The average molecular weight is 444 g/mol. The van der Waals surface area contributed by atoms with Gasteiger partial charge in [-0.15, -0.1) is 0 Å². The summed E-state index contributed by atoms with van der Waals surface area (Å²) in [5, 5.41) is 8.89. The van der Waals surface area contributed by atoms with Crippen LogP contribution in [0, 0.1) is 6.92 Å². The Morgan fingerprint density at radius 2 is 1.78 bits per heavy atom. The number of benzene rings is 2. The van der Waals surface area contributed by atoms with Crippen LogP contribution in [0.15, 0.2) is 45.3 Å². The average Bonchev–Trinajstić information content (AvgIpc) is 2.48. The van der Waals surface area contributed by atoms with Gasteiger partial charge in [-0.3, -0.25) is 0 Å². The van der Waals surface area contributed by atoms with Crippen LogP contribution in [-0.2, 0) is 4.79 Å². The molecular formula is C16H12Br2O5. The minimum atomic E-state index is -1.06. The number of aryl methyl sites for hydroxylation is 1. The van der Waals surface area contributed by atoms with Crippen LogP contribution in [0.5, 0.6) is 11.5 Å². The van der Waals surface area contributed by atoms with Gasteiger partial charge in [-0.1, -0.05) is 15.9 Å². The molecule has 0 spiro atoms. The van der Waals surface area contributed by atoms with E-state index in [4.69, 9.17) is 14.6 Å². The number of hydrogen-bond donors (Lipinski definition) is 1. The summed E-state index contributed by atoms with van der Waals surface area (Å²) < 4.78 is 11.9. The van der Waals surface area contributed by atoms with Crippen molar-refractivity contribution in [2.24, 2.45) is 0 Å². The van der Waals surface area contributed by atoms with Gasteiger partial charge < -0.3 is 14.6 Å². The zero-order valence-electron chi connectivity index (χ0n) is 12.0. The number of aromatic carboxylic acids is 1. The van der Waals surface area contributed by atoms with Crippen molar-refractivity contribution in [2.45, 2.75) is 6.92 Å². The van der Waals surface area contributed by atoms with Crippen LogP contribution in [-0.4, -0.2) is 23.7 Å². The van der Waals surface area contributed by atoms with E-state index in [-0.39, 0.29) is 17.9 Å². The number of rotatable bonds is 5. The van der Waals surface area contributed by atoms with Crippen LogP contribution in [0.2, 0.25) is 0 Å². The van der Waals surface area contributed by atoms with Gasteiger partial charge in [0.25, 0.3) is 0 Å². The van der Waals surface area contributed by atoms with E-state index >= 15 is 0 Å². The largest absolute Gasteiger partial charge is 0.482 e. The lowest BCUT2D eigenvalue weighted by Gasteiger charge is -2.10. The molecule has 0 radical (unpaired) electrons. The predicted octanol–water partition coefficient (Wildman–Crippen LogP) is 4.20. The van der Waals surface area contributed by atoms with Crippen molar-refractivity contribution in [3.8, 4) is 11.5 Å². The Labute approximate surface area is 149 Å². The van der Waals surface area contributed by atoms with Crippen molar-refractivity contribution < 1.29 is 24.2 Å². The van der Waals surface area contributed by atoms with E-state index in [1.807, 2.05) is 19.1 Å². The molecule has 0 heterocycles. The lowest BCUT2D eigenvalue weighted by molar-refractivity contribution is -0.136. The van der Waals surface area contributed by atoms with E-state index in [1.165, 1.54) is 18.2 Å². The maximum Gasteiger partial charge on any atom is 0.349 e. The van der Waals surface area contributed by atoms with Crippen LogP contribution in [0.4, 0.5) is 0 Å². The highest BCUT2D eigenvalue weighted by molar-refractivity contribution is 9.10. The Hall–Kier alpha value is -1.86. The number of carboxylic acids is 1. The molecule has 0 aliphatic heterocycles. The Balaban J connectivity index is 1.98. The number of ether oxygens (including phenoxy) is 2. The minimum absolute atomic E-state index is 0.0958. The Morgan fingerprint density at radius 3 is 2.39 bits per heavy atom. The fraction of sp³-hybridized carbons (Fsp3) is 0.125. The maximum atomic E-state index is 11.8. The van der Waals surface area contributed by atoms with Crippen LogP contribution < -0.4 is 9.47 Å². The summed E-state index contributed by atoms with van der Waals surface area (Å²) in [6.45, 7) is 1.61. The summed E-state index contributed by atoms with van der Waals surface area (Å²) in [6.07, 6.45) is 0. The molecule has 0 unspecified atom stereocenters. The van der Waals surface area contributed by atoms with Gasteiger partial charge in [-0.25, -0.2) is 9.59 Å². The van der Waals surface area contributed by atoms with Gasteiger partial charge in [0, 0.05) is 4.47 Å². The summed E-state index contributed by atoms with van der Waals surface area (Å²) in [4.78, 5) is 22.7. The van der Waals surface area contributed by atoms with Crippen molar-refractivity contribution in [3.05, 3.63) is 56.5 Å². The fourth-order valence-corrected chi connectivity index (χ4v) is 2.72. The number of carbonyl (C=O) groups excluding carboxylic acids is 1. The number of carbonyl (C=O) groups is 2. The monoisotopic (exact) mass is 442 g/mol. The SMILES string of the molecule is Cc1cc(Br)ccc1OCC(=O)Oc1ccc(C(=O)O)cc1Br. The molecule has 0 aliphatic rings. The first kappa shape index (κ1) is 17.5. The van der Waals surface area contributed by atoms with E-state index in [2.05, 4.69) is 31.9 Å². The highest BCUT2D eigenvalue weighted by Gasteiger charge is 2.12. The molecule has 7 heteroatoms. The van der Waals surface area contributed by atoms with Crippen LogP contribution >= 0.6 is 31.9 Å². The molecule has 23 heavy (non-hydrogen) atoms. The first-order chi connectivity index (χ1) is 10.9. The Kier molecular flexibility index (Phi) is 5.79. The van der Waals surface area contributed by atoms with Crippen molar-refractivity contribution >= 4 is 43.8 Å². The molecule has 0 fully saturated rings. The molecule has 0 atom stereocenters. The molecule has 2 aromatic carbocycles. The molecular weight excluding hydrogens is 432 g/mol. The first-order valence-corrected chi connectivity index (χ1v) is 8.08. The zero-order valence-corrected chi connectivity index (χ0v) is 15.2. The normalized spacial score (nSPS) is 10.2. The molecule has 120 valence electrons. The van der Waals surface area contributed by atoms with Gasteiger partial charge in [0.15, 0.2) is 6.61 Å². The first-order valence-electron chi connectivity index (χ1n) is 6.49. The van der Waals surface area contributed by atoms with Crippen molar-refractivity contribution in [1.82, 2.24) is 0 Å². The Bertz CT molecular complexity index is 758. The third-order valence-electron chi connectivity index (χ3n) is 2.89. The minimum Gasteiger partial charge on any atom is -0.482 e. The van der Waals surface area contributed by atoms with Crippen molar-refractivity contribution in [2.75, 3.05) is 6.61 Å². The van der Waals surface area contributed by atoms with Crippen molar-refractivity contribution in [3.63, 3.8) is 0 Å². The number of esters is 1. The fourth-order valence-electron chi connectivity index (χ4n) is 1.78. The van der Waals surface area contributed by atoms with Gasteiger partial charge in [0.05, 0.1) is 10.0 Å². The van der Waals surface area contributed by atoms with Crippen LogP contribution in [0.25, 0.3) is 0 Å². The lowest BCUT2D eigenvalue weighted by Crippen LogP contribution is -2.18. The summed E-state index contributed by atoms with van der Waals surface area (Å²) in [7, 11) is 0. The summed E-state index contributed by atoms with van der Waals surface area (Å²) >= 11 is 6.52. The van der Waals surface area contributed by atoms with Gasteiger partial charge in [0.2, 0.25) is 0 Å². The quantitative estimate of drug-likeness (QED) is 0.553. The van der Waals surface area contributed by atoms with E-state index in [0.29, 0.717) is 10.2 Å². The molecule has 0 saturated carbocycles. The molecule has 2 rings (SSSR count). The van der Waals surface area contributed by atoms with Gasteiger partial charge >= 0.3 is 11.9 Å². The summed E-state index contributed by atoms with van der Waals surface area (Å²) in [5.74, 6) is -0.824. The van der Waals surface area contributed by atoms with Gasteiger partial charge in [-0.05, 0) is 64.8 Å². The standard InChI is InChI=1S/C16H12Br2O5/c1-9-6-11(17)3-5-13(9)22-8-15(19)23-14-4-2-10(16(20)21)7-12(14)18/h2-7H,8H2,1H3,(H,20,21). The second kappa shape index (κ2) is 7.61. The smallest absolute Gasteiger partial charge is 0.349 e. The van der Waals surface area contributed by atoms with E-state index in [9.17, 15) is 9.59 Å². The van der Waals surface area contributed by atoms with E-state index in [0.717, 1.165) is 10.0 Å². The number of hydrogen-bond acceptors (Lipinski definition) is 4. The molecule has 1 N–H and O–H groups in total. The van der Waals surface area contributed by atoms with Gasteiger partial charge in [0.1, 0.15) is 11.5 Å². The topological polar surface area (TPSA) is 72.8 Å².